The quantitative estimate of drug-likeness (QED) is 0.316. The highest BCUT2D eigenvalue weighted by Gasteiger charge is 2.34. The molecule has 1 atom stereocenters. The second kappa shape index (κ2) is 13.7. The fourth-order valence-electron chi connectivity index (χ4n) is 4.27. The van der Waals surface area contributed by atoms with Crippen LogP contribution in [0.25, 0.3) is 0 Å². The first-order valence-electron chi connectivity index (χ1n) is 13.0. The van der Waals surface area contributed by atoms with Crippen LogP contribution < -0.4 is 14.4 Å². The van der Waals surface area contributed by atoms with Gasteiger partial charge in [0.05, 0.1) is 17.7 Å². The average molecular weight is 586 g/mol. The van der Waals surface area contributed by atoms with Crippen LogP contribution in [0.3, 0.4) is 0 Å². The molecule has 0 saturated heterocycles. The van der Waals surface area contributed by atoms with Gasteiger partial charge in [-0.1, -0.05) is 60.5 Å². The van der Waals surface area contributed by atoms with Crippen molar-refractivity contribution in [1.29, 1.82) is 0 Å². The van der Waals surface area contributed by atoms with Crippen molar-refractivity contribution in [2.24, 2.45) is 0 Å². The molecule has 8 nitrogen and oxygen atoms in total. The third kappa shape index (κ3) is 7.55. The summed E-state index contributed by atoms with van der Waals surface area (Å²) in [4.78, 5) is 28.8. The van der Waals surface area contributed by atoms with Crippen LogP contribution in [0.2, 0.25) is 5.02 Å². The molecule has 214 valence electrons. The molecule has 0 heterocycles. The monoisotopic (exact) mass is 585 g/mol. The highest BCUT2D eigenvalue weighted by molar-refractivity contribution is 7.92. The summed E-state index contributed by atoms with van der Waals surface area (Å²) >= 11 is 6.06. The minimum Gasteiger partial charge on any atom is -0.495 e. The molecule has 0 aliphatic carbocycles. The molecule has 3 aromatic carbocycles. The van der Waals surface area contributed by atoms with Gasteiger partial charge in [-0.25, -0.2) is 8.42 Å². The molecule has 10 heteroatoms. The SMILES string of the molecule is CC[C@H](C(=O)NC(C)C)N(Cc1ccc(Cl)cc1)C(=O)CN(c1ccccc1OC)S(=O)(=O)c1ccc(C)cc1. The Morgan fingerprint density at radius 2 is 1.60 bits per heavy atom. The third-order valence-corrected chi connectivity index (χ3v) is 8.35. The van der Waals surface area contributed by atoms with Crippen LogP contribution in [0.5, 0.6) is 5.75 Å². The predicted octanol–water partition coefficient (Wildman–Crippen LogP) is 5.18. The number of anilines is 1. The lowest BCUT2D eigenvalue weighted by molar-refractivity contribution is -0.140. The van der Waals surface area contributed by atoms with Gasteiger partial charge in [-0.2, -0.15) is 0 Å². The van der Waals surface area contributed by atoms with E-state index in [-0.39, 0.29) is 29.1 Å². The third-order valence-electron chi connectivity index (χ3n) is 6.32. The molecule has 1 N–H and O–H groups in total. The van der Waals surface area contributed by atoms with Gasteiger partial charge in [0.1, 0.15) is 18.3 Å². The fraction of sp³-hybridized carbons (Fsp3) is 0.333. The first kappa shape index (κ1) is 31.0. The molecule has 0 aliphatic heterocycles. The fourth-order valence-corrected chi connectivity index (χ4v) is 5.82. The van der Waals surface area contributed by atoms with Crippen molar-refractivity contribution in [1.82, 2.24) is 10.2 Å². The minimum atomic E-state index is -4.19. The number of amides is 2. The molecule has 40 heavy (non-hydrogen) atoms. The molecule has 0 aromatic heterocycles. The number of rotatable bonds is 12. The number of para-hydroxylation sites is 2. The second-order valence-electron chi connectivity index (χ2n) is 9.73. The molecule has 3 aromatic rings. The summed E-state index contributed by atoms with van der Waals surface area (Å²) in [5, 5.41) is 3.42. The maximum atomic E-state index is 14.1. The average Bonchev–Trinajstić information content (AvgIpc) is 2.92. The van der Waals surface area contributed by atoms with Crippen molar-refractivity contribution in [3.63, 3.8) is 0 Å². The maximum Gasteiger partial charge on any atom is 0.264 e. The normalized spacial score (nSPS) is 12.1. The number of carbonyl (C=O) groups excluding carboxylic acids is 2. The van der Waals surface area contributed by atoms with Crippen LogP contribution >= 0.6 is 11.6 Å². The van der Waals surface area contributed by atoms with Gasteiger partial charge < -0.3 is 15.0 Å². The van der Waals surface area contributed by atoms with Crippen LogP contribution in [-0.4, -0.2) is 50.9 Å². The van der Waals surface area contributed by atoms with E-state index in [4.69, 9.17) is 16.3 Å². The Morgan fingerprint density at radius 1 is 0.975 bits per heavy atom. The van der Waals surface area contributed by atoms with E-state index in [9.17, 15) is 18.0 Å². The number of halogens is 1. The number of nitrogens with one attached hydrogen (secondary N) is 1. The Kier molecular flexibility index (Phi) is 10.6. The number of methoxy groups -OCH3 is 1. The highest BCUT2D eigenvalue weighted by Crippen LogP contribution is 2.32. The summed E-state index contributed by atoms with van der Waals surface area (Å²) < 4.78 is 34.5. The summed E-state index contributed by atoms with van der Waals surface area (Å²) in [6.45, 7) is 6.90. The van der Waals surface area contributed by atoms with Crippen LogP contribution in [-0.2, 0) is 26.2 Å². The molecular formula is C30H36ClN3O5S. The maximum absolute atomic E-state index is 14.1. The molecule has 0 aliphatic rings. The molecule has 2 amide bonds. The number of aryl methyl sites for hydroxylation is 1. The number of hydrogen-bond donors (Lipinski definition) is 1. The first-order chi connectivity index (χ1) is 19.0. The Bertz CT molecular complexity index is 1410. The van der Waals surface area contributed by atoms with Crippen LogP contribution in [0.15, 0.2) is 77.7 Å². The molecule has 0 spiro atoms. The van der Waals surface area contributed by atoms with E-state index in [0.29, 0.717) is 17.2 Å². The van der Waals surface area contributed by atoms with Crippen molar-refractivity contribution < 1.29 is 22.7 Å². The van der Waals surface area contributed by atoms with E-state index in [1.165, 1.54) is 24.1 Å². The zero-order valence-corrected chi connectivity index (χ0v) is 25.0. The zero-order chi connectivity index (χ0) is 29.4. The molecular weight excluding hydrogens is 550 g/mol. The number of ether oxygens (including phenoxy) is 1. The second-order valence-corrected chi connectivity index (χ2v) is 12.0. The Hall–Kier alpha value is -3.56. The van der Waals surface area contributed by atoms with Gasteiger partial charge in [0.15, 0.2) is 0 Å². The molecule has 0 bridgehead atoms. The molecule has 0 fully saturated rings. The number of hydrogen-bond acceptors (Lipinski definition) is 5. The summed E-state index contributed by atoms with van der Waals surface area (Å²) in [6.07, 6.45) is 0.331. The van der Waals surface area contributed by atoms with Gasteiger partial charge >= 0.3 is 0 Å². The lowest BCUT2D eigenvalue weighted by atomic mass is 10.1. The lowest BCUT2D eigenvalue weighted by Gasteiger charge is -2.33. The number of sulfonamides is 1. The Balaban J connectivity index is 2.09. The van der Waals surface area contributed by atoms with Gasteiger partial charge in [0, 0.05) is 17.6 Å². The van der Waals surface area contributed by atoms with Gasteiger partial charge in [-0.15, -0.1) is 0 Å². The van der Waals surface area contributed by atoms with E-state index in [1.54, 1.807) is 60.7 Å². The van der Waals surface area contributed by atoms with Gasteiger partial charge in [0.25, 0.3) is 10.0 Å². The predicted molar refractivity (Wildman–Crippen MR) is 158 cm³/mol. The Morgan fingerprint density at radius 3 is 2.17 bits per heavy atom. The highest BCUT2D eigenvalue weighted by atomic mass is 35.5. The van der Waals surface area contributed by atoms with Crippen LogP contribution in [0, 0.1) is 6.92 Å². The van der Waals surface area contributed by atoms with Gasteiger partial charge in [0.2, 0.25) is 11.8 Å². The summed E-state index contributed by atoms with van der Waals surface area (Å²) in [7, 11) is -2.76. The van der Waals surface area contributed by atoms with E-state index in [1.807, 2.05) is 27.7 Å². The zero-order valence-electron chi connectivity index (χ0n) is 23.4. The standard InChI is InChI=1S/C30H36ClN3O5S/c1-6-26(30(36)32-21(2)3)33(19-23-13-15-24(31)16-14-23)29(35)20-34(27-9-7-8-10-28(27)39-5)40(37,38)25-17-11-22(4)12-18-25/h7-18,21,26H,6,19-20H2,1-5H3,(H,32,36)/t26-/m1/s1. The number of nitrogens with zero attached hydrogens (tertiary/aromatic N) is 2. The van der Waals surface area contributed by atoms with Gasteiger partial charge in [-0.3, -0.25) is 13.9 Å². The van der Waals surface area contributed by atoms with Crippen molar-refractivity contribution in [2.45, 2.75) is 57.6 Å². The van der Waals surface area contributed by atoms with Crippen molar-refractivity contribution in [2.75, 3.05) is 18.0 Å². The van der Waals surface area contributed by atoms with E-state index < -0.39 is 28.5 Å². The number of benzene rings is 3. The topological polar surface area (TPSA) is 96.0 Å². The minimum absolute atomic E-state index is 0.0330. The van der Waals surface area contributed by atoms with Crippen molar-refractivity contribution >= 4 is 39.1 Å². The molecule has 0 radical (unpaired) electrons. The van der Waals surface area contributed by atoms with Crippen molar-refractivity contribution in [3.8, 4) is 5.75 Å². The summed E-state index contributed by atoms with van der Waals surface area (Å²) in [6, 6.07) is 19.0. The van der Waals surface area contributed by atoms with E-state index >= 15 is 0 Å². The van der Waals surface area contributed by atoms with Crippen molar-refractivity contribution in [3.05, 3.63) is 88.9 Å². The van der Waals surface area contributed by atoms with Crippen LogP contribution in [0.4, 0.5) is 5.69 Å². The summed E-state index contributed by atoms with van der Waals surface area (Å²) in [5.74, 6) is -0.563. The summed E-state index contributed by atoms with van der Waals surface area (Å²) in [5.41, 5.74) is 1.86. The lowest BCUT2D eigenvalue weighted by Crippen LogP contribution is -2.53. The Labute approximate surface area is 241 Å². The molecule has 0 saturated carbocycles. The van der Waals surface area contributed by atoms with Gasteiger partial charge in [-0.05, 0) is 69.2 Å². The molecule has 0 unspecified atom stereocenters. The number of carbonyl (C=O) groups is 2. The van der Waals surface area contributed by atoms with E-state index in [0.717, 1.165) is 15.4 Å². The van der Waals surface area contributed by atoms with Crippen LogP contribution in [0.1, 0.15) is 38.3 Å². The first-order valence-corrected chi connectivity index (χ1v) is 14.9. The van der Waals surface area contributed by atoms with E-state index in [2.05, 4.69) is 5.32 Å². The molecule has 3 rings (SSSR count). The largest absolute Gasteiger partial charge is 0.495 e. The smallest absolute Gasteiger partial charge is 0.264 e.